The zero-order valence-electron chi connectivity index (χ0n) is 18.0. The Hall–Kier alpha value is -1.75. The van der Waals surface area contributed by atoms with E-state index in [1.165, 1.54) is 38.2 Å². The third kappa shape index (κ3) is 6.40. The summed E-state index contributed by atoms with van der Waals surface area (Å²) in [5.74, 6) is 2.45. The van der Waals surface area contributed by atoms with Gasteiger partial charge in [0, 0.05) is 51.5 Å². The van der Waals surface area contributed by atoms with Crippen LogP contribution >= 0.6 is 0 Å². The molecule has 0 radical (unpaired) electrons. The van der Waals surface area contributed by atoms with Crippen LogP contribution in [0.3, 0.4) is 0 Å². The van der Waals surface area contributed by atoms with Gasteiger partial charge in [0.15, 0.2) is 5.96 Å². The van der Waals surface area contributed by atoms with Crippen molar-refractivity contribution in [3.05, 3.63) is 30.3 Å². The maximum absolute atomic E-state index is 4.48. The first-order chi connectivity index (χ1) is 13.6. The molecule has 1 unspecified atom stereocenters. The first-order valence-electron chi connectivity index (χ1n) is 11.1. The average Bonchev–Trinajstić information content (AvgIpc) is 2.72. The molecule has 2 aliphatic heterocycles. The van der Waals surface area contributed by atoms with E-state index in [9.17, 15) is 0 Å². The largest absolute Gasteiger partial charge is 0.371 e. The summed E-state index contributed by atoms with van der Waals surface area (Å²) in [6, 6.07) is 11.3. The van der Waals surface area contributed by atoms with Crippen LogP contribution < -0.4 is 15.5 Å². The van der Waals surface area contributed by atoms with E-state index in [4.69, 9.17) is 0 Å². The van der Waals surface area contributed by atoms with Gasteiger partial charge in [-0.3, -0.25) is 4.99 Å². The highest BCUT2D eigenvalue weighted by Gasteiger charge is 2.22. The van der Waals surface area contributed by atoms with Crippen LogP contribution in [0.15, 0.2) is 35.3 Å². The van der Waals surface area contributed by atoms with Gasteiger partial charge < -0.3 is 20.4 Å². The minimum absolute atomic E-state index is 0.509. The van der Waals surface area contributed by atoms with Crippen LogP contribution in [0, 0.1) is 11.8 Å². The molecule has 1 atom stereocenters. The van der Waals surface area contributed by atoms with Crippen LogP contribution in [0.4, 0.5) is 5.69 Å². The van der Waals surface area contributed by atoms with Gasteiger partial charge in [0.05, 0.1) is 0 Å². The molecule has 2 fully saturated rings. The van der Waals surface area contributed by atoms with E-state index in [2.05, 4.69) is 69.6 Å². The fraction of sp³-hybridized carbons (Fsp3) is 0.696. The van der Waals surface area contributed by atoms with Crippen LogP contribution in [0.2, 0.25) is 0 Å². The molecular formula is C23H39N5. The molecule has 0 aromatic heterocycles. The monoisotopic (exact) mass is 385 g/mol. The van der Waals surface area contributed by atoms with Gasteiger partial charge in [0.2, 0.25) is 0 Å². The second-order valence-corrected chi connectivity index (χ2v) is 8.86. The molecule has 0 amide bonds. The average molecular weight is 386 g/mol. The van der Waals surface area contributed by atoms with E-state index in [-0.39, 0.29) is 0 Å². The molecular weight excluding hydrogens is 346 g/mol. The summed E-state index contributed by atoms with van der Waals surface area (Å²) < 4.78 is 0. The first-order valence-corrected chi connectivity index (χ1v) is 11.1. The number of benzene rings is 1. The van der Waals surface area contributed by atoms with Gasteiger partial charge in [-0.15, -0.1) is 0 Å². The van der Waals surface area contributed by atoms with Crippen LogP contribution in [-0.4, -0.2) is 63.2 Å². The molecule has 2 aliphatic rings. The molecule has 0 bridgehead atoms. The Bertz CT molecular complexity index is 592. The summed E-state index contributed by atoms with van der Waals surface area (Å²) in [6.07, 6.45) is 4.96. The SMILES string of the molecule is CN=C(NCC1CCCN(CC(C)C)C1)NC1CCN(c2ccccc2)CC1. The lowest BCUT2D eigenvalue weighted by atomic mass is 9.97. The number of likely N-dealkylation sites (tertiary alicyclic amines) is 1. The molecule has 5 nitrogen and oxygen atoms in total. The smallest absolute Gasteiger partial charge is 0.191 e. The minimum atomic E-state index is 0.509. The molecule has 156 valence electrons. The van der Waals surface area contributed by atoms with Gasteiger partial charge in [0.25, 0.3) is 0 Å². The van der Waals surface area contributed by atoms with Crippen LogP contribution in [0.5, 0.6) is 0 Å². The lowest BCUT2D eigenvalue weighted by Gasteiger charge is -2.35. The van der Waals surface area contributed by atoms with Crippen molar-refractivity contribution in [2.75, 3.05) is 51.2 Å². The predicted molar refractivity (Wildman–Crippen MR) is 120 cm³/mol. The third-order valence-electron chi connectivity index (χ3n) is 5.97. The number of hydrogen-bond acceptors (Lipinski definition) is 3. The molecule has 5 heteroatoms. The zero-order chi connectivity index (χ0) is 19.8. The molecule has 2 saturated heterocycles. The Balaban J connectivity index is 1.39. The first kappa shape index (κ1) is 21.0. The number of nitrogens with one attached hydrogen (secondary N) is 2. The van der Waals surface area contributed by atoms with Gasteiger partial charge in [-0.1, -0.05) is 32.0 Å². The number of anilines is 1. The lowest BCUT2D eigenvalue weighted by Crippen LogP contribution is -2.50. The number of hydrogen-bond donors (Lipinski definition) is 2. The minimum Gasteiger partial charge on any atom is -0.371 e. The zero-order valence-corrected chi connectivity index (χ0v) is 18.0. The molecule has 0 aliphatic carbocycles. The van der Waals surface area contributed by atoms with Crippen LogP contribution in [0.1, 0.15) is 39.5 Å². The third-order valence-corrected chi connectivity index (χ3v) is 5.97. The predicted octanol–water partition coefficient (Wildman–Crippen LogP) is 3.19. The molecule has 28 heavy (non-hydrogen) atoms. The van der Waals surface area contributed by atoms with E-state index in [0.29, 0.717) is 6.04 Å². The maximum Gasteiger partial charge on any atom is 0.191 e. The number of rotatable bonds is 6. The second kappa shape index (κ2) is 10.7. The molecule has 0 saturated carbocycles. The number of para-hydroxylation sites is 1. The molecule has 2 heterocycles. The fourth-order valence-electron chi connectivity index (χ4n) is 4.55. The van der Waals surface area contributed by atoms with Crippen molar-refractivity contribution in [2.24, 2.45) is 16.8 Å². The van der Waals surface area contributed by atoms with E-state index >= 15 is 0 Å². The molecule has 2 N–H and O–H groups in total. The highest BCUT2D eigenvalue weighted by atomic mass is 15.2. The second-order valence-electron chi connectivity index (χ2n) is 8.86. The summed E-state index contributed by atoms with van der Waals surface area (Å²) in [4.78, 5) is 9.60. The van der Waals surface area contributed by atoms with Crippen LogP contribution in [-0.2, 0) is 0 Å². The van der Waals surface area contributed by atoms with E-state index in [1.54, 1.807) is 0 Å². The molecule has 1 aromatic rings. The van der Waals surface area contributed by atoms with Crippen molar-refractivity contribution < 1.29 is 0 Å². The highest BCUT2D eigenvalue weighted by Crippen LogP contribution is 2.20. The quantitative estimate of drug-likeness (QED) is 0.583. The molecule has 1 aromatic carbocycles. The maximum atomic E-state index is 4.48. The topological polar surface area (TPSA) is 42.9 Å². The summed E-state index contributed by atoms with van der Waals surface area (Å²) >= 11 is 0. The molecule has 0 spiro atoms. The van der Waals surface area contributed by atoms with E-state index in [0.717, 1.165) is 50.3 Å². The number of nitrogens with zero attached hydrogens (tertiary/aromatic N) is 3. The highest BCUT2D eigenvalue weighted by molar-refractivity contribution is 5.80. The standard InChI is InChI=1S/C23H39N5/c1-19(2)17-27-13-7-8-20(18-27)16-25-23(24-3)26-21-11-14-28(15-12-21)22-9-5-4-6-10-22/h4-6,9-10,19-21H,7-8,11-18H2,1-3H3,(H2,24,25,26). The number of piperidine rings is 2. The van der Waals surface area contributed by atoms with Gasteiger partial charge >= 0.3 is 0 Å². The van der Waals surface area contributed by atoms with Gasteiger partial charge in [-0.25, -0.2) is 0 Å². The van der Waals surface area contributed by atoms with E-state index in [1.807, 2.05) is 7.05 Å². The van der Waals surface area contributed by atoms with Crippen molar-refractivity contribution >= 4 is 11.6 Å². The lowest BCUT2D eigenvalue weighted by molar-refractivity contribution is 0.159. The molecule has 3 rings (SSSR count). The van der Waals surface area contributed by atoms with E-state index < -0.39 is 0 Å². The normalized spacial score (nSPS) is 22.5. The number of guanidine groups is 1. The van der Waals surface area contributed by atoms with Crippen molar-refractivity contribution in [1.82, 2.24) is 15.5 Å². The number of aliphatic imine (C=N–C) groups is 1. The fourth-order valence-corrected chi connectivity index (χ4v) is 4.55. The summed E-state index contributed by atoms with van der Waals surface area (Å²) in [6.45, 7) is 11.6. The van der Waals surface area contributed by atoms with Gasteiger partial charge in [-0.05, 0) is 56.2 Å². The Labute approximate surface area is 171 Å². The Kier molecular flexibility index (Phi) is 8.01. The Morgan fingerprint density at radius 2 is 1.86 bits per heavy atom. The van der Waals surface area contributed by atoms with Crippen molar-refractivity contribution in [3.8, 4) is 0 Å². The van der Waals surface area contributed by atoms with Crippen molar-refractivity contribution in [2.45, 2.75) is 45.6 Å². The summed E-state index contributed by atoms with van der Waals surface area (Å²) in [7, 11) is 1.89. The van der Waals surface area contributed by atoms with Gasteiger partial charge in [-0.2, -0.15) is 0 Å². The summed E-state index contributed by atoms with van der Waals surface area (Å²) in [5, 5.41) is 7.26. The van der Waals surface area contributed by atoms with Crippen molar-refractivity contribution in [1.29, 1.82) is 0 Å². The van der Waals surface area contributed by atoms with Crippen LogP contribution in [0.25, 0.3) is 0 Å². The van der Waals surface area contributed by atoms with Gasteiger partial charge in [0.1, 0.15) is 0 Å². The summed E-state index contributed by atoms with van der Waals surface area (Å²) in [5.41, 5.74) is 1.34. The Morgan fingerprint density at radius 3 is 2.54 bits per heavy atom. The van der Waals surface area contributed by atoms with Crippen molar-refractivity contribution in [3.63, 3.8) is 0 Å². The Morgan fingerprint density at radius 1 is 1.11 bits per heavy atom.